The van der Waals surface area contributed by atoms with E-state index in [2.05, 4.69) is 49.4 Å². The highest BCUT2D eigenvalue weighted by atomic mass is 32.2. The van der Waals surface area contributed by atoms with E-state index >= 15 is 0 Å². The lowest BCUT2D eigenvalue weighted by Crippen LogP contribution is -2.04. The minimum Gasteiger partial charge on any atom is -0.439 e. The zero-order chi connectivity index (χ0) is 19.2. The van der Waals surface area contributed by atoms with Crippen molar-refractivity contribution in [3.63, 3.8) is 0 Å². The Balaban J connectivity index is 1.57. The van der Waals surface area contributed by atoms with Gasteiger partial charge in [-0.25, -0.2) is 4.99 Å². The monoisotopic (exact) mass is 385 g/mol. The molecule has 0 aliphatic heterocycles. The highest BCUT2D eigenvalue weighted by molar-refractivity contribution is 8.02. The van der Waals surface area contributed by atoms with E-state index < -0.39 is 0 Å². The third kappa shape index (κ3) is 4.93. The van der Waals surface area contributed by atoms with E-state index in [1.54, 1.807) is 11.8 Å². The summed E-state index contributed by atoms with van der Waals surface area (Å²) in [7, 11) is 0. The molecule has 1 aliphatic carbocycles. The molecule has 3 aromatic rings. The Kier molecular flexibility index (Phi) is 5.93. The molecule has 28 heavy (non-hydrogen) atoms. The first-order valence-electron chi connectivity index (χ1n) is 9.59. The Bertz CT molecular complexity index is 1010. The second kappa shape index (κ2) is 8.94. The number of aliphatic imine (C=N–C) groups is 1. The number of fused-ring (bicyclic) bond motifs is 1. The van der Waals surface area contributed by atoms with Gasteiger partial charge < -0.3 is 4.74 Å². The SMILES string of the molecule is Cc1cccc(S/C=C/C(=Nc2ccc3c(c2)CCC3)Oc2ccccc2)c1. The second-order valence-corrected chi connectivity index (χ2v) is 7.89. The molecule has 0 saturated carbocycles. The van der Waals surface area contributed by atoms with E-state index in [0.717, 1.165) is 17.9 Å². The molecule has 0 unspecified atom stereocenters. The van der Waals surface area contributed by atoms with E-state index in [9.17, 15) is 0 Å². The van der Waals surface area contributed by atoms with Gasteiger partial charge in [-0.15, -0.1) is 0 Å². The van der Waals surface area contributed by atoms with Gasteiger partial charge in [0, 0.05) is 11.0 Å². The molecule has 0 N–H and O–H groups in total. The van der Waals surface area contributed by atoms with Crippen molar-refractivity contribution >= 4 is 23.3 Å². The molecule has 0 saturated heterocycles. The highest BCUT2D eigenvalue weighted by Crippen LogP contribution is 2.27. The zero-order valence-corrected chi connectivity index (χ0v) is 16.8. The quantitative estimate of drug-likeness (QED) is 0.271. The van der Waals surface area contributed by atoms with Gasteiger partial charge in [-0.2, -0.15) is 0 Å². The van der Waals surface area contributed by atoms with E-state index in [1.807, 2.05) is 41.8 Å². The number of para-hydroxylation sites is 1. The van der Waals surface area contributed by atoms with Gasteiger partial charge in [0.2, 0.25) is 5.90 Å². The summed E-state index contributed by atoms with van der Waals surface area (Å²) in [6, 6.07) is 24.7. The normalized spacial score (nSPS) is 13.7. The summed E-state index contributed by atoms with van der Waals surface area (Å²) in [6.45, 7) is 2.10. The number of ether oxygens (including phenoxy) is 1. The van der Waals surface area contributed by atoms with E-state index in [-0.39, 0.29) is 0 Å². The van der Waals surface area contributed by atoms with Crippen molar-refractivity contribution in [1.29, 1.82) is 0 Å². The maximum absolute atomic E-state index is 6.05. The maximum Gasteiger partial charge on any atom is 0.220 e. The topological polar surface area (TPSA) is 21.6 Å². The summed E-state index contributed by atoms with van der Waals surface area (Å²) in [5, 5.41) is 2.03. The number of thioether (sulfide) groups is 1. The number of rotatable bonds is 5. The smallest absolute Gasteiger partial charge is 0.220 e. The molecule has 3 aromatic carbocycles. The van der Waals surface area contributed by atoms with Gasteiger partial charge in [0.1, 0.15) is 5.75 Å². The van der Waals surface area contributed by atoms with Crippen LogP contribution in [0, 0.1) is 6.92 Å². The standard InChI is InChI=1S/C25H23NOS/c1-19-7-5-12-24(17-19)28-16-15-25(27-23-10-3-2-4-11-23)26-22-14-13-20-8-6-9-21(20)18-22/h2-5,7,10-18H,6,8-9H2,1H3/b16-15+,26-25?. The molecule has 0 radical (unpaired) electrons. The third-order valence-corrected chi connectivity index (χ3v) is 5.49. The summed E-state index contributed by atoms with van der Waals surface area (Å²) >= 11 is 1.66. The largest absolute Gasteiger partial charge is 0.439 e. The van der Waals surface area contributed by atoms with Gasteiger partial charge in [0.05, 0.1) is 5.69 Å². The van der Waals surface area contributed by atoms with Crippen molar-refractivity contribution in [1.82, 2.24) is 0 Å². The van der Waals surface area contributed by atoms with Crippen molar-refractivity contribution in [3.8, 4) is 5.75 Å². The van der Waals surface area contributed by atoms with Gasteiger partial charge in [-0.05, 0) is 79.1 Å². The van der Waals surface area contributed by atoms with Crippen molar-refractivity contribution in [2.75, 3.05) is 0 Å². The second-order valence-electron chi connectivity index (χ2n) is 6.91. The third-order valence-electron chi connectivity index (χ3n) is 4.69. The number of benzene rings is 3. The van der Waals surface area contributed by atoms with Crippen LogP contribution in [0.1, 0.15) is 23.1 Å². The van der Waals surface area contributed by atoms with Crippen molar-refractivity contribution < 1.29 is 4.74 Å². The maximum atomic E-state index is 6.05. The molecule has 4 rings (SSSR count). The van der Waals surface area contributed by atoms with Crippen LogP contribution in [0.15, 0.2) is 94.2 Å². The summed E-state index contributed by atoms with van der Waals surface area (Å²) in [4.78, 5) is 5.98. The number of hydrogen-bond acceptors (Lipinski definition) is 3. The van der Waals surface area contributed by atoms with Crippen molar-refractivity contribution in [2.24, 2.45) is 4.99 Å². The van der Waals surface area contributed by atoms with E-state index in [0.29, 0.717) is 5.90 Å². The van der Waals surface area contributed by atoms with Gasteiger partial charge >= 0.3 is 0 Å². The summed E-state index contributed by atoms with van der Waals surface area (Å²) < 4.78 is 6.05. The molecule has 0 bridgehead atoms. The van der Waals surface area contributed by atoms with Crippen LogP contribution in [0.2, 0.25) is 0 Å². The van der Waals surface area contributed by atoms with Crippen molar-refractivity contribution in [2.45, 2.75) is 31.1 Å². The Morgan fingerprint density at radius 2 is 1.79 bits per heavy atom. The average molecular weight is 386 g/mol. The van der Waals surface area contributed by atoms with Crippen LogP contribution in [-0.2, 0) is 12.8 Å². The molecule has 0 fully saturated rings. The van der Waals surface area contributed by atoms with Gasteiger partial charge in [0.15, 0.2) is 0 Å². The number of aryl methyl sites for hydroxylation is 3. The first-order valence-corrected chi connectivity index (χ1v) is 10.5. The first-order chi connectivity index (χ1) is 13.8. The highest BCUT2D eigenvalue weighted by Gasteiger charge is 2.11. The summed E-state index contributed by atoms with van der Waals surface area (Å²) in [5.74, 6) is 1.37. The predicted molar refractivity (Wildman–Crippen MR) is 119 cm³/mol. The van der Waals surface area contributed by atoms with Crippen LogP contribution in [0.5, 0.6) is 5.75 Å². The molecule has 3 heteroatoms. The summed E-state index contributed by atoms with van der Waals surface area (Å²) in [5.41, 5.74) is 5.07. The summed E-state index contributed by atoms with van der Waals surface area (Å²) in [6.07, 6.45) is 5.50. The predicted octanol–water partition coefficient (Wildman–Crippen LogP) is 6.90. The molecular weight excluding hydrogens is 362 g/mol. The van der Waals surface area contributed by atoms with Crippen LogP contribution in [0.3, 0.4) is 0 Å². The van der Waals surface area contributed by atoms with E-state index in [1.165, 1.54) is 34.4 Å². The Morgan fingerprint density at radius 3 is 2.64 bits per heavy atom. The lowest BCUT2D eigenvalue weighted by molar-refractivity contribution is 0.556. The fraction of sp³-hybridized carbons (Fsp3) is 0.160. The van der Waals surface area contributed by atoms with Crippen LogP contribution >= 0.6 is 11.8 Å². The molecule has 0 aromatic heterocycles. The number of hydrogen-bond donors (Lipinski definition) is 0. The van der Waals surface area contributed by atoms with E-state index in [4.69, 9.17) is 9.73 Å². The molecular formula is C25H23NOS. The Labute approximate surface area is 171 Å². The van der Waals surface area contributed by atoms with Crippen molar-refractivity contribution in [3.05, 3.63) is 101 Å². The fourth-order valence-corrected chi connectivity index (χ4v) is 4.07. The zero-order valence-electron chi connectivity index (χ0n) is 16.0. The molecule has 0 amide bonds. The lowest BCUT2D eigenvalue weighted by atomic mass is 10.1. The Morgan fingerprint density at radius 1 is 0.929 bits per heavy atom. The molecule has 2 nitrogen and oxygen atoms in total. The molecule has 0 spiro atoms. The first kappa shape index (κ1) is 18.6. The minimum atomic E-state index is 0.587. The minimum absolute atomic E-state index is 0.587. The fourth-order valence-electron chi connectivity index (χ4n) is 3.32. The number of nitrogens with zero attached hydrogens (tertiary/aromatic N) is 1. The molecule has 1 aliphatic rings. The van der Waals surface area contributed by atoms with Gasteiger partial charge in [-0.3, -0.25) is 0 Å². The molecule has 140 valence electrons. The Hall–Kier alpha value is -2.78. The van der Waals surface area contributed by atoms with Crippen LogP contribution in [0.4, 0.5) is 5.69 Å². The van der Waals surface area contributed by atoms with Crippen LogP contribution in [0.25, 0.3) is 0 Å². The molecule has 0 atom stereocenters. The lowest BCUT2D eigenvalue weighted by Gasteiger charge is -2.07. The molecule has 0 heterocycles. The van der Waals surface area contributed by atoms with Crippen LogP contribution < -0.4 is 4.74 Å². The van der Waals surface area contributed by atoms with Gasteiger partial charge in [0.25, 0.3) is 0 Å². The average Bonchev–Trinajstić information content (AvgIpc) is 3.17. The van der Waals surface area contributed by atoms with Gasteiger partial charge in [-0.1, -0.05) is 53.7 Å². The van der Waals surface area contributed by atoms with Crippen LogP contribution in [-0.4, -0.2) is 5.90 Å².